The lowest BCUT2D eigenvalue weighted by molar-refractivity contribution is 0.0594. The van der Waals surface area contributed by atoms with Crippen molar-refractivity contribution in [1.82, 2.24) is 4.98 Å². The summed E-state index contributed by atoms with van der Waals surface area (Å²) in [4.78, 5) is 30.2. The molecule has 6 heteroatoms. The molecule has 2 aromatic rings. The fourth-order valence-electron chi connectivity index (χ4n) is 2.54. The van der Waals surface area contributed by atoms with Crippen LogP contribution >= 0.6 is 0 Å². The molecule has 0 atom stereocenters. The van der Waals surface area contributed by atoms with Crippen molar-refractivity contribution < 1.29 is 14.3 Å². The van der Waals surface area contributed by atoms with Crippen molar-refractivity contribution in [3.8, 4) is 0 Å². The summed E-state index contributed by atoms with van der Waals surface area (Å²) >= 11 is 0. The van der Waals surface area contributed by atoms with E-state index in [1.54, 1.807) is 12.1 Å². The molecular weight excluding hydrogens is 318 g/mol. The monoisotopic (exact) mass is 341 g/mol. The normalized spacial score (nSPS) is 10.2. The number of anilines is 2. The standard InChI is InChI=1S/C19H23N3O3/c1-5-22(6-2)14-10-11-15(13(3)12-14)21-18(23)16-8-7-9-17(20-16)19(24)25-4/h7-12H,5-6H2,1-4H3,(H,21,23). The van der Waals surface area contributed by atoms with Gasteiger partial charge in [0.15, 0.2) is 0 Å². The van der Waals surface area contributed by atoms with Gasteiger partial charge in [0.1, 0.15) is 11.4 Å². The van der Waals surface area contributed by atoms with E-state index < -0.39 is 5.97 Å². The molecule has 0 aliphatic carbocycles. The molecule has 1 amide bonds. The minimum absolute atomic E-state index is 0.101. The average molecular weight is 341 g/mol. The Labute approximate surface area is 147 Å². The number of hydrogen-bond acceptors (Lipinski definition) is 5. The van der Waals surface area contributed by atoms with Gasteiger partial charge in [-0.05, 0) is 56.7 Å². The van der Waals surface area contributed by atoms with E-state index in [4.69, 9.17) is 0 Å². The molecule has 25 heavy (non-hydrogen) atoms. The first-order valence-corrected chi connectivity index (χ1v) is 8.22. The fourth-order valence-corrected chi connectivity index (χ4v) is 2.54. The summed E-state index contributed by atoms with van der Waals surface area (Å²) < 4.78 is 4.63. The van der Waals surface area contributed by atoms with Gasteiger partial charge in [-0.2, -0.15) is 0 Å². The van der Waals surface area contributed by atoms with Crippen LogP contribution in [0.3, 0.4) is 0 Å². The Hall–Kier alpha value is -2.89. The molecule has 0 bridgehead atoms. The molecule has 0 saturated carbocycles. The number of rotatable bonds is 6. The lowest BCUT2D eigenvalue weighted by atomic mass is 10.1. The van der Waals surface area contributed by atoms with Gasteiger partial charge in [-0.3, -0.25) is 4.79 Å². The number of aryl methyl sites for hydroxylation is 1. The molecule has 6 nitrogen and oxygen atoms in total. The van der Waals surface area contributed by atoms with Crippen molar-refractivity contribution in [1.29, 1.82) is 0 Å². The Bertz CT molecular complexity index is 770. The predicted octanol–water partition coefficient (Wildman–Crippen LogP) is 3.28. The summed E-state index contributed by atoms with van der Waals surface area (Å²) in [6.45, 7) is 8.00. The van der Waals surface area contributed by atoms with Crippen molar-refractivity contribution >= 4 is 23.3 Å². The van der Waals surface area contributed by atoms with Gasteiger partial charge in [0.2, 0.25) is 0 Å². The maximum atomic E-state index is 12.4. The lowest BCUT2D eigenvalue weighted by Crippen LogP contribution is -2.22. The molecule has 132 valence electrons. The van der Waals surface area contributed by atoms with Crippen LogP contribution in [-0.4, -0.2) is 37.1 Å². The summed E-state index contributed by atoms with van der Waals surface area (Å²) in [5.41, 5.74) is 3.05. The number of carbonyl (C=O) groups excluding carboxylic acids is 2. The average Bonchev–Trinajstić information content (AvgIpc) is 2.64. The number of esters is 1. The summed E-state index contributed by atoms with van der Waals surface area (Å²) in [6.07, 6.45) is 0. The van der Waals surface area contributed by atoms with Crippen molar-refractivity contribution in [3.05, 3.63) is 53.3 Å². The van der Waals surface area contributed by atoms with Crippen LogP contribution in [-0.2, 0) is 4.74 Å². The van der Waals surface area contributed by atoms with E-state index >= 15 is 0 Å². The van der Waals surface area contributed by atoms with E-state index in [0.29, 0.717) is 5.69 Å². The Kier molecular flexibility index (Phi) is 6.11. The van der Waals surface area contributed by atoms with Crippen LogP contribution in [0.25, 0.3) is 0 Å². The zero-order chi connectivity index (χ0) is 18.4. The minimum Gasteiger partial charge on any atom is -0.464 e. The van der Waals surface area contributed by atoms with E-state index in [2.05, 4.69) is 33.8 Å². The Morgan fingerprint density at radius 3 is 2.40 bits per heavy atom. The first-order chi connectivity index (χ1) is 12.0. The number of nitrogens with zero attached hydrogens (tertiary/aromatic N) is 2. The largest absolute Gasteiger partial charge is 0.464 e. The lowest BCUT2D eigenvalue weighted by Gasteiger charge is -2.22. The van der Waals surface area contributed by atoms with Crippen molar-refractivity contribution in [2.45, 2.75) is 20.8 Å². The van der Waals surface area contributed by atoms with E-state index in [1.165, 1.54) is 13.2 Å². The summed E-state index contributed by atoms with van der Waals surface area (Å²) in [5.74, 6) is -0.946. The third-order valence-electron chi connectivity index (χ3n) is 3.96. The highest BCUT2D eigenvalue weighted by Crippen LogP contribution is 2.23. The fraction of sp³-hybridized carbons (Fsp3) is 0.316. The van der Waals surface area contributed by atoms with Gasteiger partial charge in [0, 0.05) is 24.5 Å². The van der Waals surface area contributed by atoms with Crippen LogP contribution in [0, 0.1) is 6.92 Å². The molecule has 0 unspecified atom stereocenters. The molecule has 0 spiro atoms. The maximum absolute atomic E-state index is 12.4. The maximum Gasteiger partial charge on any atom is 0.356 e. The van der Waals surface area contributed by atoms with Gasteiger partial charge in [0.05, 0.1) is 7.11 Å². The molecule has 0 radical (unpaired) electrons. The third kappa shape index (κ3) is 4.35. The summed E-state index contributed by atoms with van der Waals surface area (Å²) in [6, 6.07) is 10.6. The molecular formula is C19H23N3O3. The molecule has 0 fully saturated rings. The molecule has 2 rings (SSSR count). The molecule has 1 N–H and O–H groups in total. The number of nitrogens with one attached hydrogen (secondary N) is 1. The van der Waals surface area contributed by atoms with Crippen molar-refractivity contribution in [2.75, 3.05) is 30.4 Å². The molecule has 1 heterocycles. The third-order valence-corrected chi connectivity index (χ3v) is 3.96. The van der Waals surface area contributed by atoms with Gasteiger partial charge >= 0.3 is 5.97 Å². The molecule has 1 aromatic heterocycles. The van der Waals surface area contributed by atoms with E-state index in [9.17, 15) is 9.59 Å². The first-order valence-electron chi connectivity index (χ1n) is 8.22. The SMILES string of the molecule is CCN(CC)c1ccc(NC(=O)c2cccc(C(=O)OC)n2)c(C)c1. The van der Waals surface area contributed by atoms with Gasteiger partial charge in [-0.15, -0.1) is 0 Å². The van der Waals surface area contributed by atoms with Crippen molar-refractivity contribution in [3.63, 3.8) is 0 Å². The van der Waals surface area contributed by atoms with E-state index in [0.717, 1.165) is 24.3 Å². The zero-order valence-corrected chi connectivity index (χ0v) is 15.0. The van der Waals surface area contributed by atoms with Gasteiger partial charge in [-0.25, -0.2) is 9.78 Å². The number of ether oxygens (including phenoxy) is 1. The van der Waals surface area contributed by atoms with Crippen LogP contribution in [0.15, 0.2) is 36.4 Å². The van der Waals surface area contributed by atoms with E-state index in [-0.39, 0.29) is 17.3 Å². The molecule has 1 aromatic carbocycles. The number of methoxy groups -OCH3 is 1. The second-order valence-corrected chi connectivity index (χ2v) is 5.53. The number of amides is 1. The molecule has 0 aliphatic heterocycles. The Balaban J connectivity index is 2.19. The second kappa shape index (κ2) is 8.28. The predicted molar refractivity (Wildman–Crippen MR) is 98.3 cm³/mol. The first kappa shape index (κ1) is 18.4. The van der Waals surface area contributed by atoms with Gasteiger partial charge in [0.25, 0.3) is 5.91 Å². The minimum atomic E-state index is -0.575. The highest BCUT2D eigenvalue weighted by molar-refractivity contribution is 6.04. The number of benzene rings is 1. The topological polar surface area (TPSA) is 71.5 Å². The second-order valence-electron chi connectivity index (χ2n) is 5.53. The quantitative estimate of drug-likeness (QED) is 0.817. The van der Waals surface area contributed by atoms with Crippen LogP contribution in [0.1, 0.15) is 40.4 Å². The highest BCUT2D eigenvalue weighted by atomic mass is 16.5. The molecule has 0 aliphatic rings. The number of pyridine rings is 1. The van der Waals surface area contributed by atoms with E-state index in [1.807, 2.05) is 25.1 Å². The molecule has 0 saturated heterocycles. The van der Waals surface area contributed by atoms with Gasteiger partial charge < -0.3 is 15.0 Å². The van der Waals surface area contributed by atoms with Crippen molar-refractivity contribution in [2.24, 2.45) is 0 Å². The number of aromatic nitrogens is 1. The summed E-state index contributed by atoms with van der Waals surface area (Å²) in [7, 11) is 1.28. The number of hydrogen-bond donors (Lipinski definition) is 1. The summed E-state index contributed by atoms with van der Waals surface area (Å²) in [5, 5.41) is 2.84. The smallest absolute Gasteiger partial charge is 0.356 e. The van der Waals surface area contributed by atoms with Gasteiger partial charge in [-0.1, -0.05) is 6.07 Å². The van der Waals surface area contributed by atoms with Crippen LogP contribution in [0.2, 0.25) is 0 Å². The zero-order valence-electron chi connectivity index (χ0n) is 15.0. The number of carbonyl (C=O) groups is 2. The Morgan fingerprint density at radius 2 is 1.80 bits per heavy atom. The van der Waals surface area contributed by atoms with Crippen LogP contribution in [0.4, 0.5) is 11.4 Å². The highest BCUT2D eigenvalue weighted by Gasteiger charge is 2.14. The Morgan fingerprint density at radius 1 is 1.12 bits per heavy atom. The van der Waals surface area contributed by atoms with Crippen LogP contribution in [0.5, 0.6) is 0 Å². The van der Waals surface area contributed by atoms with Crippen LogP contribution < -0.4 is 10.2 Å².